The molecular formula is C23H24ClN5O2S. The fourth-order valence-corrected chi connectivity index (χ4v) is 5.50. The Morgan fingerprint density at radius 2 is 2.06 bits per heavy atom. The third-order valence-electron chi connectivity index (χ3n) is 5.96. The molecule has 0 bridgehead atoms. The standard InChI is InChI=1S/C23H24ClN5O2S/c1-23(2)19-18(21(30)29(23)13-14-4-3-5-15(24)12-14)28-20(32-19)17-6-9-25-22(27-17)26-16-7-10-31-11-8-16/h3-6,9,12,16H,7-8,10-11,13H2,1-2H3,(H,25,26,27). The lowest BCUT2D eigenvalue weighted by Gasteiger charge is -2.32. The molecule has 1 saturated heterocycles. The van der Waals surface area contributed by atoms with Gasteiger partial charge in [-0.2, -0.15) is 0 Å². The number of nitrogens with one attached hydrogen (secondary N) is 1. The normalized spacial score (nSPS) is 18.1. The number of halogens is 1. The van der Waals surface area contributed by atoms with Gasteiger partial charge in [-0.3, -0.25) is 4.79 Å². The number of rotatable bonds is 5. The second-order valence-electron chi connectivity index (χ2n) is 8.57. The SMILES string of the molecule is CC1(C)c2sc(-c3ccnc(NC4CCOCC4)n3)nc2C(=O)N1Cc1cccc(Cl)c1. The number of hydrogen-bond acceptors (Lipinski definition) is 7. The molecule has 0 radical (unpaired) electrons. The van der Waals surface area contributed by atoms with Gasteiger partial charge in [-0.1, -0.05) is 23.7 Å². The zero-order valence-corrected chi connectivity index (χ0v) is 19.5. The summed E-state index contributed by atoms with van der Waals surface area (Å²) in [6.07, 6.45) is 3.60. The van der Waals surface area contributed by atoms with Crippen molar-refractivity contribution in [1.29, 1.82) is 0 Å². The van der Waals surface area contributed by atoms with Gasteiger partial charge in [0.25, 0.3) is 5.91 Å². The van der Waals surface area contributed by atoms with Gasteiger partial charge in [-0.25, -0.2) is 15.0 Å². The van der Waals surface area contributed by atoms with Crippen LogP contribution in [0.2, 0.25) is 5.02 Å². The zero-order chi connectivity index (χ0) is 22.3. The maximum Gasteiger partial charge on any atom is 0.274 e. The van der Waals surface area contributed by atoms with Crippen molar-refractivity contribution in [3.05, 3.63) is 57.7 Å². The highest BCUT2D eigenvalue weighted by atomic mass is 35.5. The summed E-state index contributed by atoms with van der Waals surface area (Å²) < 4.78 is 5.42. The predicted molar refractivity (Wildman–Crippen MR) is 125 cm³/mol. The Hall–Kier alpha value is -2.55. The lowest BCUT2D eigenvalue weighted by atomic mass is 10.0. The Balaban J connectivity index is 1.39. The third kappa shape index (κ3) is 3.98. The van der Waals surface area contributed by atoms with Gasteiger partial charge >= 0.3 is 0 Å². The number of anilines is 1. The zero-order valence-electron chi connectivity index (χ0n) is 18.0. The molecule has 2 aliphatic heterocycles. The summed E-state index contributed by atoms with van der Waals surface area (Å²) >= 11 is 7.65. The number of benzene rings is 1. The van der Waals surface area contributed by atoms with E-state index in [0.717, 1.165) is 47.2 Å². The van der Waals surface area contributed by atoms with Gasteiger partial charge in [0.1, 0.15) is 16.4 Å². The Kier molecular flexibility index (Phi) is 5.61. The molecule has 2 aliphatic rings. The number of aromatic nitrogens is 3. The number of carbonyl (C=O) groups excluding carboxylic acids is 1. The van der Waals surface area contributed by atoms with E-state index in [1.165, 1.54) is 11.3 Å². The number of fused-ring (bicyclic) bond motifs is 1. The minimum Gasteiger partial charge on any atom is -0.381 e. The summed E-state index contributed by atoms with van der Waals surface area (Å²) in [5.41, 5.74) is 1.75. The van der Waals surface area contributed by atoms with Gasteiger partial charge in [0, 0.05) is 37.0 Å². The van der Waals surface area contributed by atoms with E-state index in [1.54, 1.807) is 6.20 Å². The first-order valence-electron chi connectivity index (χ1n) is 10.7. The molecule has 166 valence electrons. The Morgan fingerprint density at radius 3 is 2.81 bits per heavy atom. The number of hydrogen-bond donors (Lipinski definition) is 1. The van der Waals surface area contributed by atoms with Crippen LogP contribution < -0.4 is 5.32 Å². The van der Waals surface area contributed by atoms with Crippen LogP contribution in [0.3, 0.4) is 0 Å². The lowest BCUT2D eigenvalue weighted by Crippen LogP contribution is -2.38. The van der Waals surface area contributed by atoms with Crippen LogP contribution in [-0.4, -0.2) is 45.0 Å². The average molecular weight is 470 g/mol. The molecule has 0 atom stereocenters. The summed E-state index contributed by atoms with van der Waals surface area (Å²) in [5.74, 6) is 0.514. The van der Waals surface area contributed by atoms with Crippen LogP contribution in [0.1, 0.15) is 47.6 Å². The number of nitrogens with zero attached hydrogens (tertiary/aromatic N) is 4. The maximum atomic E-state index is 13.3. The van der Waals surface area contributed by atoms with E-state index >= 15 is 0 Å². The molecule has 0 saturated carbocycles. The van der Waals surface area contributed by atoms with Crippen LogP contribution in [0.25, 0.3) is 10.7 Å². The van der Waals surface area contributed by atoms with Gasteiger partial charge in [0.15, 0.2) is 0 Å². The first-order valence-corrected chi connectivity index (χ1v) is 11.9. The van der Waals surface area contributed by atoms with Crippen molar-refractivity contribution in [2.75, 3.05) is 18.5 Å². The molecule has 2 aromatic heterocycles. The van der Waals surface area contributed by atoms with Crippen molar-refractivity contribution in [3.8, 4) is 10.7 Å². The number of ether oxygens (including phenoxy) is 1. The monoisotopic (exact) mass is 469 g/mol. The maximum absolute atomic E-state index is 13.3. The smallest absolute Gasteiger partial charge is 0.274 e. The van der Waals surface area contributed by atoms with Crippen molar-refractivity contribution >= 4 is 34.8 Å². The average Bonchev–Trinajstić information content (AvgIpc) is 3.30. The second-order valence-corrected chi connectivity index (χ2v) is 10.0. The first kappa shape index (κ1) is 21.3. The molecular weight excluding hydrogens is 446 g/mol. The number of carbonyl (C=O) groups is 1. The van der Waals surface area contributed by atoms with Gasteiger partial charge in [0.05, 0.1) is 10.4 Å². The summed E-state index contributed by atoms with van der Waals surface area (Å²) in [7, 11) is 0. The molecule has 5 rings (SSSR count). The molecule has 1 amide bonds. The van der Waals surface area contributed by atoms with Crippen LogP contribution in [0.5, 0.6) is 0 Å². The fourth-order valence-electron chi connectivity index (χ4n) is 4.15. The largest absolute Gasteiger partial charge is 0.381 e. The molecule has 1 aromatic carbocycles. The van der Waals surface area contributed by atoms with E-state index < -0.39 is 5.54 Å². The highest BCUT2D eigenvalue weighted by Crippen LogP contribution is 2.44. The van der Waals surface area contributed by atoms with Crippen LogP contribution in [0.15, 0.2) is 36.5 Å². The Morgan fingerprint density at radius 1 is 1.25 bits per heavy atom. The summed E-state index contributed by atoms with van der Waals surface area (Å²) in [6.45, 7) is 6.10. The van der Waals surface area contributed by atoms with E-state index in [-0.39, 0.29) is 5.91 Å². The van der Waals surface area contributed by atoms with Crippen molar-refractivity contribution in [1.82, 2.24) is 19.9 Å². The minimum absolute atomic E-state index is 0.0675. The highest BCUT2D eigenvalue weighted by molar-refractivity contribution is 7.15. The lowest BCUT2D eigenvalue weighted by molar-refractivity contribution is 0.0595. The Bertz CT molecular complexity index is 1160. The van der Waals surface area contributed by atoms with Crippen LogP contribution in [0, 0.1) is 0 Å². The highest BCUT2D eigenvalue weighted by Gasteiger charge is 2.46. The molecule has 9 heteroatoms. The van der Waals surface area contributed by atoms with Gasteiger partial charge < -0.3 is 15.0 Å². The molecule has 1 fully saturated rings. The van der Waals surface area contributed by atoms with Crippen molar-refractivity contribution in [3.63, 3.8) is 0 Å². The molecule has 1 N–H and O–H groups in total. The first-order chi connectivity index (χ1) is 15.4. The summed E-state index contributed by atoms with van der Waals surface area (Å²) in [4.78, 5) is 29.8. The molecule has 0 spiro atoms. The number of thiazole rings is 1. The minimum atomic E-state index is -0.471. The summed E-state index contributed by atoms with van der Waals surface area (Å²) in [5, 5.41) is 4.79. The van der Waals surface area contributed by atoms with E-state index in [2.05, 4.69) is 29.1 Å². The van der Waals surface area contributed by atoms with Gasteiger partial charge in [-0.05, 0) is 50.5 Å². The number of amides is 1. The van der Waals surface area contributed by atoms with E-state index in [9.17, 15) is 4.79 Å². The fraction of sp³-hybridized carbons (Fsp3) is 0.391. The topological polar surface area (TPSA) is 80.2 Å². The van der Waals surface area contributed by atoms with Gasteiger partial charge in [-0.15, -0.1) is 11.3 Å². The van der Waals surface area contributed by atoms with Crippen molar-refractivity contribution < 1.29 is 9.53 Å². The van der Waals surface area contributed by atoms with E-state index in [0.29, 0.717) is 29.3 Å². The Labute approximate surface area is 195 Å². The van der Waals surface area contributed by atoms with Crippen LogP contribution in [0.4, 0.5) is 5.95 Å². The third-order valence-corrected chi connectivity index (χ3v) is 7.59. The molecule has 0 aliphatic carbocycles. The van der Waals surface area contributed by atoms with Gasteiger partial charge in [0.2, 0.25) is 5.95 Å². The van der Waals surface area contributed by atoms with Crippen LogP contribution in [-0.2, 0) is 16.8 Å². The predicted octanol–water partition coefficient (Wildman–Crippen LogP) is 4.74. The van der Waals surface area contributed by atoms with E-state index in [1.807, 2.05) is 35.2 Å². The molecule has 4 heterocycles. The molecule has 3 aromatic rings. The second kappa shape index (κ2) is 8.42. The molecule has 0 unspecified atom stereocenters. The molecule has 32 heavy (non-hydrogen) atoms. The van der Waals surface area contributed by atoms with Crippen molar-refractivity contribution in [2.45, 2.75) is 44.8 Å². The quantitative estimate of drug-likeness (QED) is 0.581. The van der Waals surface area contributed by atoms with Crippen molar-refractivity contribution in [2.24, 2.45) is 0 Å². The van der Waals surface area contributed by atoms with E-state index in [4.69, 9.17) is 21.3 Å². The van der Waals surface area contributed by atoms with Crippen LogP contribution >= 0.6 is 22.9 Å². The molecule has 7 nitrogen and oxygen atoms in total. The summed E-state index contributed by atoms with van der Waals surface area (Å²) in [6, 6.07) is 9.75.